The Balaban J connectivity index is -0.000000807. The van der Waals surface area contributed by atoms with Crippen LogP contribution in [0.3, 0.4) is 0 Å². The van der Waals surface area contributed by atoms with Gasteiger partial charge < -0.3 is 17.1 Å². The number of rotatable bonds is 9. The molecule has 0 saturated heterocycles. The standard InChI is InChI=1S/C13H18O9S.Mg.2H/c1-8(2)11(14)20-5-10(6-21-12(15)9(3)4)13(16)22-7-23(17,18)19;;;/h10H,1,3,5-7H2,2,4H3,(H,17,18,19);;;/q;+2;2*-1. The molecule has 0 unspecified atom stereocenters. The number of carbonyl (C=O) groups is 3. The van der Waals surface area contributed by atoms with E-state index in [4.69, 9.17) is 14.0 Å². The monoisotopic (exact) mass is 376 g/mol. The molecule has 0 bridgehead atoms. The summed E-state index contributed by atoms with van der Waals surface area (Å²) in [4.78, 5) is 34.3. The summed E-state index contributed by atoms with van der Waals surface area (Å²) in [6.07, 6.45) is 0. The SMILES string of the molecule is C=C(C)C(=O)OCC(COC(=O)C(=C)C)C(=O)OCS(=O)(=O)O.[H-].[H-].[Mg+2]. The van der Waals surface area contributed by atoms with E-state index in [0.717, 1.165) is 0 Å². The minimum Gasteiger partial charge on any atom is -1.00 e. The molecular weight excluding hydrogens is 357 g/mol. The molecule has 0 aromatic rings. The van der Waals surface area contributed by atoms with Crippen molar-refractivity contribution in [2.75, 3.05) is 19.2 Å². The van der Waals surface area contributed by atoms with Gasteiger partial charge in [-0.3, -0.25) is 9.35 Å². The molecule has 0 aromatic heterocycles. The molecule has 0 aliphatic rings. The van der Waals surface area contributed by atoms with E-state index in [2.05, 4.69) is 17.9 Å². The van der Waals surface area contributed by atoms with Crippen molar-refractivity contribution in [3.8, 4) is 0 Å². The van der Waals surface area contributed by atoms with Crippen LogP contribution in [0.15, 0.2) is 24.3 Å². The van der Waals surface area contributed by atoms with Gasteiger partial charge in [-0.05, 0) is 13.8 Å². The van der Waals surface area contributed by atoms with E-state index in [0.29, 0.717) is 0 Å². The normalized spacial score (nSPS) is 10.3. The molecule has 0 saturated carbocycles. The molecule has 0 aliphatic heterocycles. The van der Waals surface area contributed by atoms with Gasteiger partial charge in [-0.25, -0.2) is 9.59 Å². The molecule has 0 fully saturated rings. The first kappa shape index (κ1) is 24.8. The van der Waals surface area contributed by atoms with Crippen molar-refractivity contribution in [1.29, 1.82) is 0 Å². The van der Waals surface area contributed by atoms with E-state index in [-0.39, 0.29) is 37.1 Å². The number of ether oxygens (including phenoxy) is 3. The first-order valence-electron chi connectivity index (χ1n) is 6.21. The van der Waals surface area contributed by atoms with E-state index in [1.807, 2.05) is 0 Å². The van der Waals surface area contributed by atoms with Crippen molar-refractivity contribution in [3.05, 3.63) is 24.3 Å². The third-order valence-electron chi connectivity index (χ3n) is 2.21. The van der Waals surface area contributed by atoms with Crippen molar-refractivity contribution < 1.29 is 44.4 Å². The smallest absolute Gasteiger partial charge is 1.00 e. The zero-order valence-corrected chi connectivity index (χ0v) is 15.7. The number of esters is 3. The molecule has 0 amide bonds. The van der Waals surface area contributed by atoms with Gasteiger partial charge in [-0.15, -0.1) is 0 Å². The fourth-order valence-electron chi connectivity index (χ4n) is 1.03. The molecule has 9 nitrogen and oxygen atoms in total. The third kappa shape index (κ3) is 11.2. The Morgan fingerprint density at radius 2 is 1.38 bits per heavy atom. The van der Waals surface area contributed by atoms with Gasteiger partial charge >= 0.3 is 51.1 Å². The Bertz CT molecular complexity index is 589. The van der Waals surface area contributed by atoms with E-state index >= 15 is 0 Å². The molecular formula is C13H20MgO9S. The fraction of sp³-hybridized carbons (Fsp3) is 0.462. The Labute approximate surface area is 158 Å². The first-order chi connectivity index (χ1) is 10.4. The molecule has 1 N–H and O–H groups in total. The maximum absolute atomic E-state index is 11.7. The second-order valence-corrected chi connectivity index (χ2v) is 6.02. The van der Waals surface area contributed by atoms with Gasteiger partial charge in [0.05, 0.1) is 0 Å². The molecule has 0 atom stereocenters. The van der Waals surface area contributed by atoms with Gasteiger partial charge in [-0.2, -0.15) is 8.42 Å². The van der Waals surface area contributed by atoms with Crippen LogP contribution in [0.5, 0.6) is 0 Å². The van der Waals surface area contributed by atoms with Crippen molar-refractivity contribution >= 4 is 51.1 Å². The first-order valence-corrected chi connectivity index (χ1v) is 7.82. The molecule has 0 aliphatic carbocycles. The predicted octanol–water partition coefficient (Wildman–Crippen LogP) is 0.0739. The van der Waals surface area contributed by atoms with Crippen LogP contribution < -0.4 is 0 Å². The van der Waals surface area contributed by atoms with Gasteiger partial charge in [0.1, 0.15) is 19.1 Å². The van der Waals surface area contributed by atoms with Gasteiger partial charge in [0.2, 0.25) is 5.94 Å². The van der Waals surface area contributed by atoms with Crippen molar-refractivity contribution in [2.45, 2.75) is 13.8 Å². The van der Waals surface area contributed by atoms with E-state index < -0.39 is 53.1 Å². The topological polar surface area (TPSA) is 133 Å². The predicted molar refractivity (Wildman–Crippen MR) is 85.5 cm³/mol. The quantitative estimate of drug-likeness (QED) is 0.195. The van der Waals surface area contributed by atoms with Gasteiger partial charge in [-0.1, -0.05) is 13.2 Å². The summed E-state index contributed by atoms with van der Waals surface area (Å²) in [7, 11) is -4.53. The number of hydrogen-bond donors (Lipinski definition) is 1. The summed E-state index contributed by atoms with van der Waals surface area (Å²) in [5.41, 5.74) is 0.156. The summed E-state index contributed by atoms with van der Waals surface area (Å²) in [6, 6.07) is 0. The summed E-state index contributed by atoms with van der Waals surface area (Å²) in [5, 5.41) is 0. The Morgan fingerprint density at radius 3 is 1.67 bits per heavy atom. The van der Waals surface area contributed by atoms with Crippen LogP contribution >= 0.6 is 0 Å². The molecule has 0 heterocycles. The summed E-state index contributed by atoms with van der Waals surface area (Å²) in [5.74, 6) is -5.26. The van der Waals surface area contributed by atoms with Crippen LogP contribution in [0.2, 0.25) is 0 Å². The summed E-state index contributed by atoms with van der Waals surface area (Å²) < 4.78 is 43.5. The van der Waals surface area contributed by atoms with E-state index in [9.17, 15) is 22.8 Å². The van der Waals surface area contributed by atoms with Gasteiger partial charge in [0, 0.05) is 11.1 Å². The van der Waals surface area contributed by atoms with Crippen LogP contribution in [-0.2, 0) is 38.7 Å². The zero-order chi connectivity index (χ0) is 18.2. The number of hydrogen-bond acceptors (Lipinski definition) is 8. The van der Waals surface area contributed by atoms with Crippen molar-refractivity contribution in [1.82, 2.24) is 0 Å². The van der Waals surface area contributed by atoms with E-state index in [1.54, 1.807) is 0 Å². The summed E-state index contributed by atoms with van der Waals surface area (Å²) >= 11 is 0. The molecule has 0 radical (unpaired) electrons. The Hall–Kier alpha value is -1.43. The third-order valence-corrected chi connectivity index (χ3v) is 2.63. The Kier molecular flexibility index (Phi) is 11.6. The van der Waals surface area contributed by atoms with Crippen LogP contribution in [0.25, 0.3) is 0 Å². The van der Waals surface area contributed by atoms with Crippen LogP contribution in [0.4, 0.5) is 0 Å². The second-order valence-electron chi connectivity index (χ2n) is 4.62. The Morgan fingerprint density at radius 1 is 1.00 bits per heavy atom. The average molecular weight is 377 g/mol. The second kappa shape index (κ2) is 11.2. The largest absolute Gasteiger partial charge is 2.00 e. The van der Waals surface area contributed by atoms with E-state index in [1.165, 1.54) is 13.8 Å². The van der Waals surface area contributed by atoms with Crippen LogP contribution in [-0.4, -0.2) is 73.1 Å². The maximum atomic E-state index is 11.7. The number of carbonyl (C=O) groups excluding carboxylic acids is 3. The summed E-state index contributed by atoms with van der Waals surface area (Å²) in [6.45, 7) is 8.40. The minimum atomic E-state index is -4.53. The van der Waals surface area contributed by atoms with Crippen molar-refractivity contribution in [2.24, 2.45) is 5.92 Å². The molecule has 0 rings (SSSR count). The molecule has 0 spiro atoms. The molecule has 11 heteroatoms. The van der Waals surface area contributed by atoms with Crippen LogP contribution in [0.1, 0.15) is 16.7 Å². The fourth-order valence-corrected chi connectivity index (χ4v) is 1.30. The zero-order valence-electron chi connectivity index (χ0n) is 15.4. The van der Waals surface area contributed by atoms with Gasteiger partial charge in [0.15, 0.2) is 0 Å². The van der Waals surface area contributed by atoms with Gasteiger partial charge in [0.25, 0.3) is 0 Å². The maximum Gasteiger partial charge on any atom is 2.00 e. The molecule has 0 aromatic carbocycles. The van der Waals surface area contributed by atoms with Crippen LogP contribution in [0, 0.1) is 5.92 Å². The van der Waals surface area contributed by atoms with Crippen molar-refractivity contribution in [3.63, 3.8) is 0 Å². The molecule has 134 valence electrons. The minimum absolute atomic E-state index is 0. The molecule has 24 heavy (non-hydrogen) atoms. The average Bonchev–Trinajstić information content (AvgIpc) is 2.42.